The Balaban J connectivity index is 1.85. The highest BCUT2D eigenvalue weighted by atomic mass is 19.1. The van der Waals surface area contributed by atoms with Gasteiger partial charge >= 0.3 is 0 Å². The zero-order chi connectivity index (χ0) is 22.7. The number of nitrogens with zero attached hydrogens (tertiary/aromatic N) is 3. The zero-order valence-electron chi connectivity index (χ0n) is 18.0. The molecule has 1 saturated heterocycles. The van der Waals surface area contributed by atoms with Crippen LogP contribution in [0.15, 0.2) is 47.3 Å². The molecule has 7 nitrogen and oxygen atoms in total. The molecular weight excluding hydrogens is 409 g/mol. The molecule has 0 spiro atoms. The van der Waals surface area contributed by atoms with Crippen molar-refractivity contribution in [3.8, 4) is 34.2 Å². The van der Waals surface area contributed by atoms with Gasteiger partial charge in [0.1, 0.15) is 17.6 Å². The van der Waals surface area contributed by atoms with Crippen LogP contribution in [0, 0.1) is 23.1 Å². The molecule has 3 aromatic rings. The van der Waals surface area contributed by atoms with E-state index in [0.717, 1.165) is 19.5 Å². The van der Waals surface area contributed by atoms with E-state index in [1.807, 2.05) is 6.07 Å². The lowest BCUT2D eigenvalue weighted by Crippen LogP contribution is -2.27. The maximum absolute atomic E-state index is 14.4. The van der Waals surface area contributed by atoms with Crippen LogP contribution in [0.3, 0.4) is 0 Å². The number of nitriles is 1. The summed E-state index contributed by atoms with van der Waals surface area (Å²) in [5, 5.41) is 15.7. The average Bonchev–Trinajstić information content (AvgIpc) is 3.33. The van der Waals surface area contributed by atoms with E-state index in [2.05, 4.69) is 10.6 Å². The summed E-state index contributed by atoms with van der Waals surface area (Å²) in [6.07, 6.45) is 1.05. The van der Waals surface area contributed by atoms with Crippen molar-refractivity contribution in [3.05, 3.63) is 64.2 Å². The number of rotatable bonds is 6. The Labute approximate surface area is 185 Å². The van der Waals surface area contributed by atoms with E-state index in [-0.39, 0.29) is 11.1 Å². The molecule has 1 aliphatic heterocycles. The standard InChI is InChI=1S/C24H24FN5O2/c1-30-23(31)21(16-5-7-19(32-2)8-6-16)22(17-3-4-18(12-26)20(25)11-17)29-24(30)28-14-15-9-10-27-13-15/h3-8,11,15,27H,9-10,13-14H2,1-2H3,(H,28,29)/t15-/m0/s1. The average molecular weight is 433 g/mol. The number of aromatic nitrogens is 2. The molecule has 2 heterocycles. The van der Waals surface area contributed by atoms with E-state index in [0.29, 0.717) is 46.5 Å². The SMILES string of the molecule is COc1ccc(-c2c(-c3ccc(C#N)c(F)c3)nc(NC[C@H]3CCNC3)n(C)c2=O)cc1. The van der Waals surface area contributed by atoms with Crippen LogP contribution in [0.1, 0.15) is 12.0 Å². The van der Waals surface area contributed by atoms with Gasteiger partial charge in [-0.3, -0.25) is 9.36 Å². The van der Waals surface area contributed by atoms with Crippen LogP contribution in [0.4, 0.5) is 10.3 Å². The first-order valence-corrected chi connectivity index (χ1v) is 10.4. The lowest BCUT2D eigenvalue weighted by molar-refractivity contribution is 0.415. The van der Waals surface area contributed by atoms with Gasteiger partial charge in [-0.1, -0.05) is 18.2 Å². The van der Waals surface area contributed by atoms with Gasteiger partial charge in [0.2, 0.25) is 5.95 Å². The van der Waals surface area contributed by atoms with E-state index in [1.54, 1.807) is 44.5 Å². The fourth-order valence-corrected chi connectivity index (χ4v) is 3.86. The Morgan fingerprint density at radius 2 is 2.03 bits per heavy atom. The molecule has 1 fully saturated rings. The summed E-state index contributed by atoms with van der Waals surface area (Å²) in [6, 6.07) is 13.2. The summed E-state index contributed by atoms with van der Waals surface area (Å²) < 4.78 is 21.1. The minimum absolute atomic E-state index is 0.0596. The van der Waals surface area contributed by atoms with Gasteiger partial charge in [-0.25, -0.2) is 9.37 Å². The summed E-state index contributed by atoms with van der Waals surface area (Å²) in [5.41, 5.74) is 1.47. The Morgan fingerprint density at radius 1 is 1.28 bits per heavy atom. The van der Waals surface area contributed by atoms with Gasteiger partial charge in [0.05, 0.1) is 23.9 Å². The number of hydrogen-bond donors (Lipinski definition) is 2. The molecular formula is C24H24FN5O2. The summed E-state index contributed by atoms with van der Waals surface area (Å²) in [7, 11) is 3.24. The minimum Gasteiger partial charge on any atom is -0.497 e. The fraction of sp³-hybridized carbons (Fsp3) is 0.292. The molecule has 164 valence electrons. The molecule has 1 atom stereocenters. The number of ether oxygens (including phenoxy) is 1. The van der Waals surface area contributed by atoms with Crippen LogP contribution in [0.5, 0.6) is 5.75 Å². The third-order valence-electron chi connectivity index (χ3n) is 5.74. The van der Waals surface area contributed by atoms with Gasteiger partial charge in [0.15, 0.2) is 0 Å². The quantitative estimate of drug-likeness (QED) is 0.621. The van der Waals surface area contributed by atoms with Crippen LogP contribution in [0.25, 0.3) is 22.4 Å². The number of benzene rings is 2. The first-order chi connectivity index (χ1) is 15.5. The summed E-state index contributed by atoms with van der Waals surface area (Å²) in [6.45, 7) is 2.57. The molecule has 0 saturated carbocycles. The predicted octanol–water partition coefficient (Wildman–Crippen LogP) is 3.16. The first-order valence-electron chi connectivity index (χ1n) is 10.4. The monoisotopic (exact) mass is 433 g/mol. The van der Waals surface area contributed by atoms with Crippen molar-refractivity contribution >= 4 is 5.95 Å². The number of hydrogen-bond acceptors (Lipinski definition) is 6. The zero-order valence-corrected chi connectivity index (χ0v) is 18.0. The van der Waals surface area contributed by atoms with Crippen molar-refractivity contribution in [2.24, 2.45) is 13.0 Å². The maximum Gasteiger partial charge on any atom is 0.263 e. The van der Waals surface area contributed by atoms with Crippen molar-refractivity contribution in [1.29, 1.82) is 5.26 Å². The molecule has 0 unspecified atom stereocenters. The number of methoxy groups -OCH3 is 1. The van der Waals surface area contributed by atoms with Crippen molar-refractivity contribution in [1.82, 2.24) is 14.9 Å². The van der Waals surface area contributed by atoms with Crippen LogP contribution >= 0.6 is 0 Å². The van der Waals surface area contributed by atoms with Gasteiger partial charge in [-0.2, -0.15) is 5.26 Å². The van der Waals surface area contributed by atoms with E-state index in [9.17, 15) is 9.18 Å². The van der Waals surface area contributed by atoms with Gasteiger partial charge in [0.25, 0.3) is 5.56 Å². The highest BCUT2D eigenvalue weighted by Gasteiger charge is 2.21. The predicted molar refractivity (Wildman–Crippen MR) is 121 cm³/mol. The lowest BCUT2D eigenvalue weighted by atomic mass is 9.99. The highest BCUT2D eigenvalue weighted by molar-refractivity contribution is 5.81. The molecule has 32 heavy (non-hydrogen) atoms. The van der Waals surface area contributed by atoms with E-state index in [4.69, 9.17) is 15.0 Å². The van der Waals surface area contributed by atoms with Gasteiger partial charge in [-0.05, 0) is 55.3 Å². The van der Waals surface area contributed by atoms with Crippen molar-refractivity contribution in [3.63, 3.8) is 0 Å². The van der Waals surface area contributed by atoms with Crippen LogP contribution in [-0.2, 0) is 7.05 Å². The Morgan fingerprint density at radius 3 is 2.66 bits per heavy atom. The van der Waals surface area contributed by atoms with E-state index >= 15 is 0 Å². The van der Waals surface area contributed by atoms with Gasteiger partial charge in [-0.15, -0.1) is 0 Å². The van der Waals surface area contributed by atoms with Crippen LogP contribution in [-0.4, -0.2) is 36.3 Å². The normalized spacial score (nSPS) is 15.4. The van der Waals surface area contributed by atoms with Crippen LogP contribution in [0.2, 0.25) is 0 Å². The molecule has 0 aliphatic carbocycles. The third kappa shape index (κ3) is 4.20. The largest absolute Gasteiger partial charge is 0.497 e. The van der Waals surface area contributed by atoms with Crippen molar-refractivity contribution in [2.45, 2.75) is 6.42 Å². The number of nitrogens with one attached hydrogen (secondary N) is 2. The fourth-order valence-electron chi connectivity index (χ4n) is 3.86. The highest BCUT2D eigenvalue weighted by Crippen LogP contribution is 2.31. The van der Waals surface area contributed by atoms with Crippen molar-refractivity contribution < 1.29 is 9.13 Å². The van der Waals surface area contributed by atoms with E-state index < -0.39 is 5.82 Å². The number of anilines is 1. The second kappa shape index (κ2) is 9.20. The molecule has 4 rings (SSSR count). The molecule has 0 bridgehead atoms. The van der Waals surface area contributed by atoms with Gasteiger partial charge in [0, 0.05) is 19.2 Å². The van der Waals surface area contributed by atoms with E-state index in [1.165, 1.54) is 16.7 Å². The lowest BCUT2D eigenvalue weighted by Gasteiger charge is -2.17. The smallest absolute Gasteiger partial charge is 0.263 e. The minimum atomic E-state index is -0.653. The second-order valence-corrected chi connectivity index (χ2v) is 7.80. The molecule has 1 aliphatic rings. The number of halogens is 1. The molecule has 2 aromatic carbocycles. The molecule has 1 aromatic heterocycles. The van der Waals surface area contributed by atoms with Crippen LogP contribution < -0.4 is 20.9 Å². The summed E-state index contributed by atoms with van der Waals surface area (Å²) in [5.74, 6) is 0.871. The molecule has 0 radical (unpaired) electrons. The Bertz CT molecular complexity index is 1220. The topological polar surface area (TPSA) is 92.0 Å². The third-order valence-corrected chi connectivity index (χ3v) is 5.74. The van der Waals surface area contributed by atoms with Gasteiger partial charge < -0.3 is 15.4 Å². The maximum atomic E-state index is 14.4. The Kier molecular flexibility index (Phi) is 6.19. The summed E-state index contributed by atoms with van der Waals surface area (Å²) >= 11 is 0. The Hall–Kier alpha value is -3.70. The molecule has 0 amide bonds. The molecule has 8 heteroatoms. The molecule has 2 N–H and O–H groups in total. The summed E-state index contributed by atoms with van der Waals surface area (Å²) in [4.78, 5) is 18.2. The second-order valence-electron chi connectivity index (χ2n) is 7.80. The van der Waals surface area contributed by atoms with Crippen molar-refractivity contribution in [2.75, 3.05) is 32.1 Å². The first kappa shape index (κ1) is 21.5.